The van der Waals surface area contributed by atoms with Gasteiger partial charge in [0, 0.05) is 11.4 Å². The van der Waals surface area contributed by atoms with E-state index in [9.17, 15) is 19.6 Å². The van der Waals surface area contributed by atoms with Crippen LogP contribution in [0.15, 0.2) is 89.5 Å². The quantitative estimate of drug-likeness (QED) is 0.237. The van der Waals surface area contributed by atoms with Crippen LogP contribution in [0.2, 0.25) is 0 Å². The Morgan fingerprint density at radius 1 is 0.974 bits per heavy atom. The first-order chi connectivity index (χ1) is 18.4. The Morgan fingerprint density at radius 2 is 1.63 bits per heavy atom. The highest BCUT2D eigenvalue weighted by Crippen LogP contribution is 2.42. The van der Waals surface area contributed by atoms with E-state index in [-0.39, 0.29) is 18.1 Å². The van der Waals surface area contributed by atoms with Gasteiger partial charge in [-0.15, -0.1) is 0 Å². The Balaban J connectivity index is 1.63. The molecule has 1 atom stereocenters. The number of aryl methyl sites for hydroxylation is 1. The second-order valence-electron chi connectivity index (χ2n) is 8.53. The molecule has 7 nitrogen and oxygen atoms in total. The number of hydrogen-bond donors (Lipinski definition) is 1. The summed E-state index contributed by atoms with van der Waals surface area (Å²) in [6.07, 6.45) is 1.23. The SMILES string of the molecule is CCOC(=O)c1ccc(C[C@H]2S/C(=C(/C#N)C(=O)Nc3ccc(CC)cc3)N(c3ccccc3)C2=O)cc1. The van der Waals surface area contributed by atoms with Crippen LogP contribution >= 0.6 is 11.8 Å². The van der Waals surface area contributed by atoms with Crippen LogP contribution in [-0.2, 0) is 27.2 Å². The summed E-state index contributed by atoms with van der Waals surface area (Å²) in [5, 5.41) is 12.5. The van der Waals surface area contributed by atoms with E-state index in [1.165, 1.54) is 16.7 Å². The molecule has 1 saturated heterocycles. The van der Waals surface area contributed by atoms with E-state index in [0.717, 1.165) is 17.5 Å². The first-order valence-corrected chi connectivity index (χ1v) is 13.2. The molecule has 4 rings (SSSR count). The van der Waals surface area contributed by atoms with E-state index < -0.39 is 17.1 Å². The van der Waals surface area contributed by atoms with Crippen LogP contribution in [0.3, 0.4) is 0 Å². The van der Waals surface area contributed by atoms with Gasteiger partial charge in [-0.25, -0.2) is 4.79 Å². The molecule has 1 N–H and O–H groups in total. The molecular formula is C30H27N3O4S. The van der Waals surface area contributed by atoms with Crippen LogP contribution < -0.4 is 10.2 Å². The van der Waals surface area contributed by atoms with E-state index in [4.69, 9.17) is 4.74 Å². The van der Waals surface area contributed by atoms with E-state index >= 15 is 0 Å². The molecule has 0 spiro atoms. The van der Waals surface area contributed by atoms with Gasteiger partial charge in [-0.2, -0.15) is 5.26 Å². The van der Waals surface area contributed by atoms with Crippen LogP contribution in [0.5, 0.6) is 0 Å². The van der Waals surface area contributed by atoms with Crippen LogP contribution in [0.4, 0.5) is 11.4 Å². The first kappa shape index (κ1) is 26.7. The van der Waals surface area contributed by atoms with Gasteiger partial charge in [0.2, 0.25) is 5.91 Å². The number of thioether (sulfide) groups is 1. The van der Waals surface area contributed by atoms with Crippen molar-refractivity contribution in [1.82, 2.24) is 0 Å². The Morgan fingerprint density at radius 3 is 2.24 bits per heavy atom. The molecule has 38 heavy (non-hydrogen) atoms. The molecule has 1 fully saturated rings. The smallest absolute Gasteiger partial charge is 0.338 e. The number of carbonyl (C=O) groups is 3. The first-order valence-electron chi connectivity index (χ1n) is 12.3. The highest BCUT2D eigenvalue weighted by molar-refractivity contribution is 8.05. The lowest BCUT2D eigenvalue weighted by atomic mass is 10.1. The molecule has 0 unspecified atom stereocenters. The summed E-state index contributed by atoms with van der Waals surface area (Å²) in [5.74, 6) is -1.20. The number of rotatable bonds is 8. The Labute approximate surface area is 226 Å². The number of ether oxygens (including phenoxy) is 1. The fourth-order valence-corrected chi connectivity index (χ4v) is 5.33. The van der Waals surface area contributed by atoms with Crippen molar-refractivity contribution in [2.24, 2.45) is 0 Å². The molecule has 2 amide bonds. The van der Waals surface area contributed by atoms with E-state index in [2.05, 4.69) is 5.32 Å². The fourth-order valence-electron chi connectivity index (χ4n) is 4.02. The van der Waals surface area contributed by atoms with Gasteiger partial charge in [0.25, 0.3) is 5.91 Å². The van der Waals surface area contributed by atoms with Crippen molar-refractivity contribution in [3.8, 4) is 6.07 Å². The van der Waals surface area contributed by atoms with E-state index in [0.29, 0.717) is 28.4 Å². The molecule has 1 heterocycles. The summed E-state index contributed by atoms with van der Waals surface area (Å²) in [5.41, 5.74) is 3.42. The number of nitriles is 1. The number of benzene rings is 3. The third-order valence-electron chi connectivity index (χ3n) is 6.03. The molecule has 0 bridgehead atoms. The van der Waals surface area contributed by atoms with Gasteiger partial charge in [-0.05, 0) is 67.3 Å². The van der Waals surface area contributed by atoms with Crippen molar-refractivity contribution in [2.75, 3.05) is 16.8 Å². The maximum Gasteiger partial charge on any atom is 0.338 e. The minimum atomic E-state index is -0.576. The molecule has 3 aromatic carbocycles. The maximum atomic E-state index is 13.6. The monoisotopic (exact) mass is 525 g/mol. The van der Waals surface area contributed by atoms with Crippen LogP contribution in [-0.4, -0.2) is 29.6 Å². The van der Waals surface area contributed by atoms with Crippen molar-refractivity contribution in [3.05, 3.63) is 106 Å². The molecule has 0 aromatic heterocycles. The topological polar surface area (TPSA) is 99.5 Å². The molecule has 0 radical (unpaired) electrons. The van der Waals surface area contributed by atoms with Gasteiger partial charge < -0.3 is 10.1 Å². The number of esters is 1. The maximum absolute atomic E-state index is 13.6. The van der Waals surface area contributed by atoms with Gasteiger partial charge in [-0.3, -0.25) is 14.5 Å². The lowest BCUT2D eigenvalue weighted by Gasteiger charge is -2.18. The van der Waals surface area contributed by atoms with Crippen molar-refractivity contribution in [2.45, 2.75) is 31.9 Å². The van der Waals surface area contributed by atoms with Crippen LogP contribution in [0.1, 0.15) is 35.3 Å². The zero-order valence-corrected chi connectivity index (χ0v) is 22.0. The van der Waals surface area contributed by atoms with Crippen LogP contribution in [0.25, 0.3) is 0 Å². The number of anilines is 2. The number of hydrogen-bond acceptors (Lipinski definition) is 6. The van der Waals surface area contributed by atoms with Crippen molar-refractivity contribution in [1.29, 1.82) is 5.26 Å². The van der Waals surface area contributed by atoms with Gasteiger partial charge in [0.15, 0.2) is 0 Å². The third-order valence-corrected chi connectivity index (χ3v) is 7.29. The second-order valence-corrected chi connectivity index (χ2v) is 9.73. The van der Waals surface area contributed by atoms with Crippen molar-refractivity contribution in [3.63, 3.8) is 0 Å². The highest BCUT2D eigenvalue weighted by Gasteiger charge is 2.40. The molecule has 3 aromatic rings. The second kappa shape index (κ2) is 12.3. The number of para-hydroxylation sites is 1. The van der Waals surface area contributed by atoms with Crippen molar-refractivity contribution >= 4 is 40.9 Å². The molecule has 0 aliphatic carbocycles. The summed E-state index contributed by atoms with van der Waals surface area (Å²) < 4.78 is 5.03. The van der Waals surface area contributed by atoms with Crippen LogP contribution in [0, 0.1) is 11.3 Å². The van der Waals surface area contributed by atoms with Gasteiger partial charge in [0.1, 0.15) is 16.7 Å². The summed E-state index contributed by atoms with van der Waals surface area (Å²) in [6.45, 7) is 4.08. The lowest BCUT2D eigenvalue weighted by molar-refractivity contribution is -0.117. The largest absolute Gasteiger partial charge is 0.462 e. The Bertz CT molecular complexity index is 1390. The fraction of sp³-hybridized carbons (Fsp3) is 0.200. The predicted octanol–water partition coefficient (Wildman–Crippen LogP) is 5.49. The zero-order chi connectivity index (χ0) is 27.1. The Kier molecular flexibility index (Phi) is 8.62. The van der Waals surface area contributed by atoms with Crippen molar-refractivity contribution < 1.29 is 19.1 Å². The molecule has 8 heteroatoms. The summed E-state index contributed by atoms with van der Waals surface area (Å²) in [7, 11) is 0. The molecular weight excluding hydrogens is 498 g/mol. The molecule has 1 aliphatic rings. The predicted molar refractivity (Wildman–Crippen MR) is 148 cm³/mol. The average molecular weight is 526 g/mol. The molecule has 0 saturated carbocycles. The summed E-state index contributed by atoms with van der Waals surface area (Å²) in [4.78, 5) is 40.2. The molecule has 1 aliphatic heterocycles. The third kappa shape index (κ3) is 5.96. The summed E-state index contributed by atoms with van der Waals surface area (Å²) >= 11 is 1.19. The zero-order valence-electron chi connectivity index (χ0n) is 21.1. The van der Waals surface area contributed by atoms with E-state index in [1.807, 2.05) is 31.2 Å². The number of nitrogens with zero attached hydrogens (tertiary/aromatic N) is 2. The number of amides is 2. The summed E-state index contributed by atoms with van der Waals surface area (Å²) in [6, 6.07) is 25.3. The van der Waals surface area contributed by atoms with E-state index in [1.54, 1.807) is 67.6 Å². The minimum Gasteiger partial charge on any atom is -0.462 e. The normalized spacial score (nSPS) is 16.1. The van der Waals surface area contributed by atoms with Gasteiger partial charge >= 0.3 is 5.97 Å². The van der Waals surface area contributed by atoms with Gasteiger partial charge in [-0.1, -0.05) is 61.2 Å². The Hall–Kier alpha value is -4.35. The number of carbonyl (C=O) groups excluding carboxylic acids is 3. The highest BCUT2D eigenvalue weighted by atomic mass is 32.2. The number of nitrogens with one attached hydrogen (secondary N) is 1. The lowest BCUT2D eigenvalue weighted by Crippen LogP contribution is -2.30. The standard InChI is InChI=1S/C30H27N3O4S/c1-3-20-12-16-23(17-13-20)32-27(34)25(19-31)29-33(24-8-6-5-7-9-24)28(35)26(38-29)18-21-10-14-22(15-11-21)30(36)37-4-2/h5-17,26H,3-4,18H2,1-2H3,(H,32,34)/b29-25-/t26-/m1/s1. The van der Waals surface area contributed by atoms with Gasteiger partial charge in [0.05, 0.1) is 17.4 Å². The molecule has 192 valence electrons. The average Bonchev–Trinajstić information content (AvgIpc) is 3.25. The minimum absolute atomic E-state index is 0.132.